The van der Waals surface area contributed by atoms with Gasteiger partial charge in [0, 0.05) is 45.6 Å². The van der Waals surface area contributed by atoms with Crippen LogP contribution in [0.25, 0.3) is 0 Å². The molecule has 0 aromatic heterocycles. The molecule has 1 amide bonds. The van der Waals surface area contributed by atoms with Gasteiger partial charge in [0.15, 0.2) is 0 Å². The fraction of sp³-hybridized carbons (Fsp3) is 0.833. The summed E-state index contributed by atoms with van der Waals surface area (Å²) in [6, 6.07) is 0. The summed E-state index contributed by atoms with van der Waals surface area (Å²) in [5.74, 6) is 0.560. The summed E-state index contributed by atoms with van der Waals surface area (Å²) in [6.07, 6.45) is 1.19. The van der Waals surface area contributed by atoms with Gasteiger partial charge in [-0.2, -0.15) is 0 Å². The average Bonchev–Trinajstić information content (AvgIpc) is 2.29. The Hall–Kier alpha value is -1.10. The van der Waals surface area contributed by atoms with Gasteiger partial charge in [0.2, 0.25) is 5.91 Å². The first-order valence-electron chi connectivity index (χ1n) is 6.06. The van der Waals surface area contributed by atoms with Gasteiger partial charge in [-0.3, -0.25) is 4.79 Å². The van der Waals surface area contributed by atoms with E-state index >= 15 is 0 Å². The highest BCUT2D eigenvalue weighted by Crippen LogP contribution is 2.16. The normalized spacial score (nSPS) is 25.0. The van der Waals surface area contributed by atoms with Crippen molar-refractivity contribution < 1.29 is 14.7 Å². The summed E-state index contributed by atoms with van der Waals surface area (Å²) in [4.78, 5) is 13.8. The standard InChI is InChI=1S/C12H22N2O3/c1-9(8-17-3)6-12(15)14-5-4-11(13-16)10(2)7-14/h9-10,16H,4-8H2,1-3H3. The van der Waals surface area contributed by atoms with Crippen LogP contribution in [-0.4, -0.2) is 48.5 Å². The Morgan fingerprint density at radius 2 is 2.41 bits per heavy atom. The number of ether oxygens (including phenoxy) is 1. The van der Waals surface area contributed by atoms with E-state index in [2.05, 4.69) is 5.16 Å². The molecule has 98 valence electrons. The summed E-state index contributed by atoms with van der Waals surface area (Å²) in [6.45, 7) is 5.90. The summed E-state index contributed by atoms with van der Waals surface area (Å²) < 4.78 is 5.02. The number of rotatable bonds is 4. The molecular weight excluding hydrogens is 220 g/mol. The lowest BCUT2D eigenvalue weighted by atomic mass is 9.96. The second kappa shape index (κ2) is 6.59. The monoisotopic (exact) mass is 242 g/mol. The molecule has 0 radical (unpaired) electrons. The molecule has 1 heterocycles. The van der Waals surface area contributed by atoms with Crippen molar-refractivity contribution in [3.05, 3.63) is 0 Å². The van der Waals surface area contributed by atoms with Crippen LogP contribution in [0.2, 0.25) is 0 Å². The lowest BCUT2D eigenvalue weighted by Gasteiger charge is -2.32. The zero-order chi connectivity index (χ0) is 12.8. The SMILES string of the molecule is COCC(C)CC(=O)N1CCC(=NO)C(C)C1. The van der Waals surface area contributed by atoms with Gasteiger partial charge in [-0.15, -0.1) is 0 Å². The molecule has 0 saturated carbocycles. The molecule has 2 atom stereocenters. The van der Waals surface area contributed by atoms with Crippen LogP contribution in [0.3, 0.4) is 0 Å². The first-order valence-corrected chi connectivity index (χ1v) is 6.06. The summed E-state index contributed by atoms with van der Waals surface area (Å²) in [5.41, 5.74) is 0.791. The van der Waals surface area contributed by atoms with Crippen molar-refractivity contribution in [3.63, 3.8) is 0 Å². The van der Waals surface area contributed by atoms with Crippen molar-refractivity contribution >= 4 is 11.6 Å². The van der Waals surface area contributed by atoms with Crippen molar-refractivity contribution in [1.82, 2.24) is 4.90 Å². The molecule has 17 heavy (non-hydrogen) atoms. The van der Waals surface area contributed by atoms with Crippen molar-refractivity contribution in [2.75, 3.05) is 26.8 Å². The van der Waals surface area contributed by atoms with E-state index in [1.54, 1.807) is 7.11 Å². The zero-order valence-electron chi connectivity index (χ0n) is 10.8. The van der Waals surface area contributed by atoms with Crippen LogP contribution in [-0.2, 0) is 9.53 Å². The van der Waals surface area contributed by atoms with E-state index in [1.165, 1.54) is 0 Å². The molecule has 0 aromatic rings. The van der Waals surface area contributed by atoms with E-state index in [1.807, 2.05) is 18.7 Å². The largest absolute Gasteiger partial charge is 0.411 e. The molecule has 1 aliphatic heterocycles. The Balaban J connectivity index is 2.44. The maximum absolute atomic E-state index is 12.0. The fourth-order valence-corrected chi connectivity index (χ4v) is 2.17. The summed E-state index contributed by atoms with van der Waals surface area (Å²) >= 11 is 0. The van der Waals surface area contributed by atoms with Gasteiger partial charge in [0.05, 0.1) is 5.71 Å². The number of carbonyl (C=O) groups excluding carboxylic acids is 1. The van der Waals surface area contributed by atoms with Crippen LogP contribution in [0.4, 0.5) is 0 Å². The molecule has 0 aromatic carbocycles. The number of amides is 1. The summed E-state index contributed by atoms with van der Waals surface area (Å²) in [5, 5.41) is 12.0. The fourth-order valence-electron chi connectivity index (χ4n) is 2.17. The van der Waals surface area contributed by atoms with E-state index in [4.69, 9.17) is 9.94 Å². The van der Waals surface area contributed by atoms with Crippen LogP contribution in [0.15, 0.2) is 5.16 Å². The maximum Gasteiger partial charge on any atom is 0.222 e. The minimum atomic E-state index is 0.149. The van der Waals surface area contributed by atoms with E-state index in [0.717, 1.165) is 5.71 Å². The minimum Gasteiger partial charge on any atom is -0.411 e. The lowest BCUT2D eigenvalue weighted by Crippen LogP contribution is -2.43. The van der Waals surface area contributed by atoms with Gasteiger partial charge in [-0.1, -0.05) is 19.0 Å². The van der Waals surface area contributed by atoms with Gasteiger partial charge in [-0.05, 0) is 5.92 Å². The van der Waals surface area contributed by atoms with E-state index in [-0.39, 0.29) is 17.7 Å². The molecule has 2 unspecified atom stereocenters. The van der Waals surface area contributed by atoms with Crippen molar-refractivity contribution in [1.29, 1.82) is 0 Å². The molecule has 1 saturated heterocycles. The predicted octanol–water partition coefficient (Wildman–Crippen LogP) is 1.36. The van der Waals surface area contributed by atoms with E-state index < -0.39 is 0 Å². The van der Waals surface area contributed by atoms with Crippen molar-refractivity contribution in [3.8, 4) is 0 Å². The van der Waals surface area contributed by atoms with E-state index in [0.29, 0.717) is 32.5 Å². The molecule has 0 spiro atoms. The molecule has 1 fully saturated rings. The van der Waals surface area contributed by atoms with Crippen LogP contribution in [0.1, 0.15) is 26.7 Å². The van der Waals surface area contributed by atoms with Gasteiger partial charge in [0.1, 0.15) is 0 Å². The topological polar surface area (TPSA) is 62.1 Å². The van der Waals surface area contributed by atoms with Crippen LogP contribution in [0, 0.1) is 11.8 Å². The first kappa shape index (κ1) is 14.0. The number of hydrogen-bond acceptors (Lipinski definition) is 4. The lowest BCUT2D eigenvalue weighted by molar-refractivity contribution is -0.133. The van der Waals surface area contributed by atoms with Crippen LogP contribution < -0.4 is 0 Å². The van der Waals surface area contributed by atoms with Gasteiger partial charge >= 0.3 is 0 Å². The number of hydrogen-bond donors (Lipinski definition) is 1. The quantitative estimate of drug-likeness (QED) is 0.598. The Kier molecular flexibility index (Phi) is 5.41. The van der Waals surface area contributed by atoms with Crippen molar-refractivity contribution in [2.45, 2.75) is 26.7 Å². The molecular formula is C12H22N2O3. The van der Waals surface area contributed by atoms with Crippen LogP contribution >= 0.6 is 0 Å². The molecule has 1 aliphatic rings. The second-order valence-electron chi connectivity index (χ2n) is 4.85. The highest BCUT2D eigenvalue weighted by atomic mass is 16.5. The second-order valence-corrected chi connectivity index (χ2v) is 4.85. The number of piperidine rings is 1. The molecule has 1 N–H and O–H groups in total. The third kappa shape index (κ3) is 4.00. The Bertz CT molecular complexity index is 291. The molecule has 5 nitrogen and oxygen atoms in total. The van der Waals surface area contributed by atoms with Gasteiger partial charge in [0.25, 0.3) is 0 Å². The maximum atomic E-state index is 12.0. The van der Waals surface area contributed by atoms with Gasteiger partial charge in [-0.25, -0.2) is 0 Å². The average molecular weight is 242 g/mol. The highest BCUT2D eigenvalue weighted by Gasteiger charge is 2.26. The number of carbonyl (C=O) groups is 1. The third-order valence-corrected chi connectivity index (χ3v) is 3.16. The Morgan fingerprint density at radius 1 is 1.71 bits per heavy atom. The van der Waals surface area contributed by atoms with Crippen LogP contribution in [0.5, 0.6) is 0 Å². The Labute approximate surface area is 102 Å². The molecule has 0 bridgehead atoms. The third-order valence-electron chi connectivity index (χ3n) is 3.16. The predicted molar refractivity (Wildman–Crippen MR) is 65.2 cm³/mol. The zero-order valence-corrected chi connectivity index (χ0v) is 10.8. The molecule has 1 rings (SSSR count). The van der Waals surface area contributed by atoms with Gasteiger partial charge < -0.3 is 14.8 Å². The first-order chi connectivity index (χ1) is 8.08. The van der Waals surface area contributed by atoms with Crippen molar-refractivity contribution in [2.24, 2.45) is 17.0 Å². The highest BCUT2D eigenvalue weighted by molar-refractivity contribution is 5.89. The number of methoxy groups -OCH3 is 1. The minimum absolute atomic E-state index is 0.149. The number of likely N-dealkylation sites (tertiary alicyclic amines) is 1. The Morgan fingerprint density at radius 3 is 2.94 bits per heavy atom. The smallest absolute Gasteiger partial charge is 0.222 e. The number of nitrogens with zero attached hydrogens (tertiary/aromatic N) is 2. The molecule has 5 heteroatoms. The number of oxime groups is 1. The molecule has 0 aliphatic carbocycles. The van der Waals surface area contributed by atoms with E-state index in [9.17, 15) is 4.79 Å². The summed E-state index contributed by atoms with van der Waals surface area (Å²) in [7, 11) is 1.65.